The van der Waals surface area contributed by atoms with Crippen molar-refractivity contribution in [3.63, 3.8) is 0 Å². The van der Waals surface area contributed by atoms with E-state index in [-0.39, 0.29) is 23.8 Å². The Bertz CT molecular complexity index is 877. The third-order valence-electron chi connectivity index (χ3n) is 4.62. The van der Waals surface area contributed by atoms with Crippen LogP contribution in [0.1, 0.15) is 45.2 Å². The maximum atomic E-state index is 13.3. The van der Waals surface area contributed by atoms with E-state index in [1.54, 1.807) is 24.1 Å². The van der Waals surface area contributed by atoms with Crippen LogP contribution in [0.15, 0.2) is 48.5 Å². The molecule has 0 bridgehead atoms. The number of carbonyl (C=O) groups is 2. The molecule has 30 heavy (non-hydrogen) atoms. The summed E-state index contributed by atoms with van der Waals surface area (Å²) >= 11 is 6.08. The van der Waals surface area contributed by atoms with Crippen LogP contribution in [0.5, 0.6) is 5.75 Å². The maximum absolute atomic E-state index is 13.3. The van der Waals surface area contributed by atoms with Gasteiger partial charge in [0, 0.05) is 17.1 Å². The molecule has 0 saturated heterocycles. The average Bonchev–Trinajstić information content (AvgIpc) is 2.66. The lowest BCUT2D eigenvalue weighted by Crippen LogP contribution is -2.53. The molecule has 0 saturated carbocycles. The number of carbonyl (C=O) groups excluding carboxylic acids is 2. The second-order valence-corrected chi connectivity index (χ2v) is 8.78. The fourth-order valence-electron chi connectivity index (χ4n) is 3.26. The normalized spacial score (nSPS) is 12.2. The molecule has 5 nitrogen and oxygen atoms in total. The SMILES string of the molecule is CC[C@@H](C(=O)NC(C)(C)C)N(Cc1cccc(OC)c1)C(=O)Cc1cccc(Cl)c1. The summed E-state index contributed by atoms with van der Waals surface area (Å²) in [4.78, 5) is 28.0. The molecule has 0 aliphatic rings. The minimum absolute atomic E-state index is 0.129. The lowest BCUT2D eigenvalue weighted by Gasteiger charge is -2.33. The van der Waals surface area contributed by atoms with Gasteiger partial charge >= 0.3 is 0 Å². The van der Waals surface area contributed by atoms with Crippen LogP contribution in [0.2, 0.25) is 5.02 Å². The Hall–Kier alpha value is -2.53. The van der Waals surface area contributed by atoms with E-state index >= 15 is 0 Å². The van der Waals surface area contributed by atoms with Crippen LogP contribution in [0.4, 0.5) is 0 Å². The Labute approximate surface area is 184 Å². The predicted octanol–water partition coefficient (Wildman–Crippen LogP) is 4.61. The standard InChI is InChI=1S/C24H31ClN2O3/c1-6-21(23(29)26-24(2,3)4)27(16-18-10-8-12-20(14-18)30-5)22(28)15-17-9-7-11-19(25)13-17/h7-14,21H,6,15-16H2,1-5H3,(H,26,29)/t21-/m0/s1. The number of nitrogens with zero attached hydrogens (tertiary/aromatic N) is 1. The number of rotatable bonds is 8. The molecule has 0 spiro atoms. The monoisotopic (exact) mass is 430 g/mol. The zero-order valence-electron chi connectivity index (χ0n) is 18.4. The van der Waals surface area contributed by atoms with E-state index in [0.29, 0.717) is 23.7 Å². The first-order valence-corrected chi connectivity index (χ1v) is 10.5. The van der Waals surface area contributed by atoms with Crippen LogP contribution >= 0.6 is 11.6 Å². The molecule has 0 heterocycles. The molecule has 0 unspecified atom stereocenters. The fourth-order valence-corrected chi connectivity index (χ4v) is 3.48. The molecule has 162 valence electrons. The summed E-state index contributed by atoms with van der Waals surface area (Å²) in [5.41, 5.74) is 1.33. The first kappa shape index (κ1) is 23.7. The Morgan fingerprint density at radius 1 is 1.10 bits per heavy atom. The van der Waals surface area contributed by atoms with Gasteiger partial charge in [-0.2, -0.15) is 0 Å². The van der Waals surface area contributed by atoms with Gasteiger partial charge < -0.3 is 15.0 Å². The van der Waals surface area contributed by atoms with Crippen molar-refractivity contribution in [3.05, 3.63) is 64.7 Å². The van der Waals surface area contributed by atoms with Crippen molar-refractivity contribution < 1.29 is 14.3 Å². The highest BCUT2D eigenvalue weighted by atomic mass is 35.5. The molecule has 0 fully saturated rings. The number of methoxy groups -OCH3 is 1. The van der Waals surface area contributed by atoms with Crippen molar-refractivity contribution in [3.8, 4) is 5.75 Å². The summed E-state index contributed by atoms with van der Waals surface area (Å²) in [7, 11) is 1.60. The summed E-state index contributed by atoms with van der Waals surface area (Å²) in [6.07, 6.45) is 0.678. The van der Waals surface area contributed by atoms with Gasteiger partial charge in [-0.05, 0) is 62.6 Å². The number of halogens is 1. The minimum Gasteiger partial charge on any atom is -0.497 e. The molecule has 0 radical (unpaired) electrons. The molecule has 1 atom stereocenters. The largest absolute Gasteiger partial charge is 0.497 e. The number of hydrogen-bond acceptors (Lipinski definition) is 3. The maximum Gasteiger partial charge on any atom is 0.243 e. The lowest BCUT2D eigenvalue weighted by molar-refractivity contribution is -0.141. The van der Waals surface area contributed by atoms with Gasteiger partial charge in [0.1, 0.15) is 11.8 Å². The molecule has 2 rings (SSSR count). The third-order valence-corrected chi connectivity index (χ3v) is 4.85. The third kappa shape index (κ3) is 7.06. The Morgan fingerprint density at radius 2 is 1.77 bits per heavy atom. The van der Waals surface area contributed by atoms with Crippen molar-refractivity contribution in [2.45, 2.75) is 58.7 Å². The number of benzene rings is 2. The zero-order chi connectivity index (χ0) is 22.3. The first-order chi connectivity index (χ1) is 14.1. The van der Waals surface area contributed by atoms with Gasteiger partial charge in [0.05, 0.1) is 13.5 Å². The number of amides is 2. The quantitative estimate of drug-likeness (QED) is 0.665. The molecule has 0 aliphatic heterocycles. The highest BCUT2D eigenvalue weighted by Gasteiger charge is 2.30. The van der Waals surface area contributed by atoms with Crippen molar-refractivity contribution in [1.29, 1.82) is 0 Å². The number of nitrogens with one attached hydrogen (secondary N) is 1. The molecule has 2 aromatic rings. The van der Waals surface area contributed by atoms with Crippen LogP contribution in [0, 0.1) is 0 Å². The summed E-state index contributed by atoms with van der Waals surface area (Å²) in [6, 6.07) is 14.2. The second-order valence-electron chi connectivity index (χ2n) is 8.34. The van der Waals surface area contributed by atoms with Crippen LogP contribution < -0.4 is 10.1 Å². The summed E-state index contributed by atoms with van der Waals surface area (Å²) < 4.78 is 5.31. The van der Waals surface area contributed by atoms with E-state index in [9.17, 15) is 9.59 Å². The Kier molecular flexibility index (Phi) is 8.30. The molecular weight excluding hydrogens is 400 g/mol. The van der Waals surface area contributed by atoms with Crippen molar-refractivity contribution in [2.75, 3.05) is 7.11 Å². The van der Waals surface area contributed by atoms with Gasteiger partial charge in [-0.3, -0.25) is 9.59 Å². The summed E-state index contributed by atoms with van der Waals surface area (Å²) in [5.74, 6) is 0.422. The van der Waals surface area contributed by atoms with Gasteiger partial charge in [0.25, 0.3) is 0 Å². The van der Waals surface area contributed by atoms with Gasteiger partial charge in [-0.1, -0.05) is 42.8 Å². The Balaban J connectivity index is 2.33. The number of hydrogen-bond donors (Lipinski definition) is 1. The lowest BCUT2D eigenvalue weighted by atomic mass is 10.0. The van der Waals surface area contributed by atoms with E-state index in [4.69, 9.17) is 16.3 Å². The van der Waals surface area contributed by atoms with Gasteiger partial charge in [0.2, 0.25) is 11.8 Å². The topological polar surface area (TPSA) is 58.6 Å². The predicted molar refractivity (Wildman–Crippen MR) is 121 cm³/mol. The summed E-state index contributed by atoms with van der Waals surface area (Å²) in [5, 5.41) is 3.59. The summed E-state index contributed by atoms with van der Waals surface area (Å²) in [6.45, 7) is 8.01. The fraction of sp³-hybridized carbons (Fsp3) is 0.417. The van der Waals surface area contributed by atoms with Crippen molar-refractivity contribution in [2.24, 2.45) is 0 Å². The van der Waals surface area contributed by atoms with E-state index < -0.39 is 6.04 Å². The van der Waals surface area contributed by atoms with Crippen LogP contribution in [0.3, 0.4) is 0 Å². The van der Waals surface area contributed by atoms with E-state index in [1.807, 2.05) is 64.1 Å². The molecule has 0 aromatic heterocycles. The van der Waals surface area contributed by atoms with Crippen LogP contribution in [-0.4, -0.2) is 35.4 Å². The van der Waals surface area contributed by atoms with Crippen LogP contribution in [0.25, 0.3) is 0 Å². The minimum atomic E-state index is -0.581. The van der Waals surface area contributed by atoms with E-state index in [2.05, 4.69) is 5.32 Å². The van der Waals surface area contributed by atoms with E-state index in [0.717, 1.165) is 11.1 Å². The van der Waals surface area contributed by atoms with Crippen molar-refractivity contribution in [1.82, 2.24) is 10.2 Å². The smallest absolute Gasteiger partial charge is 0.243 e. The van der Waals surface area contributed by atoms with E-state index in [1.165, 1.54) is 0 Å². The second kappa shape index (κ2) is 10.5. The highest BCUT2D eigenvalue weighted by Crippen LogP contribution is 2.19. The average molecular weight is 431 g/mol. The van der Waals surface area contributed by atoms with Gasteiger partial charge in [-0.15, -0.1) is 0 Å². The molecule has 2 amide bonds. The molecule has 6 heteroatoms. The van der Waals surface area contributed by atoms with Crippen LogP contribution in [-0.2, 0) is 22.6 Å². The molecule has 2 aromatic carbocycles. The molecule has 1 N–H and O–H groups in total. The number of ether oxygens (including phenoxy) is 1. The Morgan fingerprint density at radius 3 is 2.37 bits per heavy atom. The first-order valence-electron chi connectivity index (χ1n) is 10.1. The zero-order valence-corrected chi connectivity index (χ0v) is 19.1. The molecule has 0 aliphatic carbocycles. The van der Waals surface area contributed by atoms with Crippen molar-refractivity contribution >= 4 is 23.4 Å². The highest BCUT2D eigenvalue weighted by molar-refractivity contribution is 6.30. The van der Waals surface area contributed by atoms with Gasteiger partial charge in [0.15, 0.2) is 0 Å². The van der Waals surface area contributed by atoms with Gasteiger partial charge in [-0.25, -0.2) is 0 Å². The molecular formula is C24H31ClN2O3.